The third-order valence-electron chi connectivity index (χ3n) is 6.88. The fourth-order valence-electron chi connectivity index (χ4n) is 4.93. The molecule has 2 aliphatic heterocycles. The van der Waals surface area contributed by atoms with Crippen molar-refractivity contribution < 1.29 is 28.7 Å². The molecule has 1 spiro atoms. The summed E-state index contributed by atoms with van der Waals surface area (Å²) < 4.78 is 5.24. The van der Waals surface area contributed by atoms with Crippen molar-refractivity contribution in [3.8, 4) is 0 Å². The molecule has 4 atom stereocenters. The number of hydrogen-bond acceptors (Lipinski definition) is 7. The zero-order valence-electron chi connectivity index (χ0n) is 24.2. The van der Waals surface area contributed by atoms with Crippen LogP contribution >= 0.6 is 0 Å². The number of alkyl carbamates (subject to hydrolysis) is 1. The van der Waals surface area contributed by atoms with E-state index in [-0.39, 0.29) is 25.3 Å². The highest BCUT2D eigenvalue weighted by Crippen LogP contribution is 2.35. The fourth-order valence-corrected chi connectivity index (χ4v) is 4.93. The number of carbonyl (C=O) groups excluding carboxylic acids is 5. The van der Waals surface area contributed by atoms with Crippen LogP contribution in [0.2, 0.25) is 0 Å². The van der Waals surface area contributed by atoms with Crippen LogP contribution < -0.4 is 16.4 Å². The number of likely N-dealkylation sites (N-methyl/N-ethyl adjacent to an activating group) is 1. The van der Waals surface area contributed by atoms with E-state index < -0.39 is 59.0 Å². The van der Waals surface area contributed by atoms with Gasteiger partial charge in [-0.05, 0) is 40.0 Å². The first-order valence-corrected chi connectivity index (χ1v) is 13.4. The predicted molar refractivity (Wildman–Crippen MR) is 148 cm³/mol. The lowest BCUT2D eigenvalue weighted by Crippen LogP contribution is -2.57. The minimum Gasteiger partial charge on any atom is -0.444 e. The van der Waals surface area contributed by atoms with Crippen molar-refractivity contribution in [3.63, 3.8) is 0 Å². The predicted octanol–water partition coefficient (Wildman–Crippen LogP) is 1.17. The number of primary amides is 1. The SMILES string of the molecule is CC(C)C[C@@H](C(=O)N1C[C@@]2(C[C@H]1C(N)=O)N=C(c1ccccc1)NC2=O)N(C)C(=O)[C@H](C)NC(=O)OC(C)(C)C. The summed E-state index contributed by atoms with van der Waals surface area (Å²) >= 11 is 0. The van der Waals surface area contributed by atoms with Gasteiger partial charge >= 0.3 is 6.09 Å². The number of benzene rings is 1. The highest BCUT2D eigenvalue weighted by Gasteiger charge is 2.56. The van der Waals surface area contributed by atoms with E-state index in [1.807, 2.05) is 32.0 Å². The maximum absolute atomic E-state index is 14.0. The molecule has 0 unspecified atom stereocenters. The first-order chi connectivity index (χ1) is 18.5. The van der Waals surface area contributed by atoms with Gasteiger partial charge in [0.05, 0.1) is 6.54 Å². The van der Waals surface area contributed by atoms with E-state index in [9.17, 15) is 24.0 Å². The molecule has 5 amide bonds. The lowest BCUT2D eigenvalue weighted by Gasteiger charge is -2.35. The van der Waals surface area contributed by atoms with Crippen molar-refractivity contribution in [2.75, 3.05) is 13.6 Å². The Morgan fingerprint density at radius 2 is 1.82 bits per heavy atom. The minimum absolute atomic E-state index is 0.000559. The Bertz CT molecular complexity index is 1190. The van der Waals surface area contributed by atoms with E-state index in [1.165, 1.54) is 23.8 Å². The molecule has 218 valence electrons. The number of amides is 5. The van der Waals surface area contributed by atoms with E-state index in [0.29, 0.717) is 11.4 Å². The Morgan fingerprint density at radius 3 is 2.38 bits per heavy atom. The standard InChI is InChI=1S/C28H40N6O6/c1-16(2)13-19(33(7)23(36)17(3)30-26(39)40-27(4,5)6)24(37)34-15-28(14-20(34)21(29)35)25(38)31-22(32-28)18-11-9-8-10-12-18/h8-12,16-17,19-20H,13-15H2,1-7H3,(H2,29,35)(H,30,39)(H,31,32,38)/t17-,19-,20-,28+/m0/s1. The molecule has 3 rings (SSSR count). The number of likely N-dealkylation sites (tertiary alicyclic amines) is 1. The second-order valence-electron chi connectivity index (χ2n) is 11.9. The number of aliphatic imine (C=N–C) groups is 1. The molecular weight excluding hydrogens is 516 g/mol. The molecule has 0 aromatic heterocycles. The van der Waals surface area contributed by atoms with Crippen LogP contribution in [0.4, 0.5) is 4.79 Å². The van der Waals surface area contributed by atoms with Crippen molar-refractivity contribution in [2.45, 2.75) is 83.6 Å². The Kier molecular flexibility index (Phi) is 8.90. The van der Waals surface area contributed by atoms with Crippen LogP contribution in [0.15, 0.2) is 35.3 Å². The van der Waals surface area contributed by atoms with Crippen molar-refractivity contribution in [3.05, 3.63) is 35.9 Å². The topological polar surface area (TPSA) is 163 Å². The molecule has 0 radical (unpaired) electrons. The second kappa shape index (κ2) is 11.6. The first-order valence-electron chi connectivity index (χ1n) is 13.4. The van der Waals surface area contributed by atoms with Crippen LogP contribution in [-0.4, -0.2) is 88.2 Å². The average Bonchev–Trinajstić information content (AvgIpc) is 3.41. The van der Waals surface area contributed by atoms with Crippen LogP contribution in [0.1, 0.15) is 59.9 Å². The van der Waals surface area contributed by atoms with Crippen molar-refractivity contribution in [1.29, 1.82) is 0 Å². The fraction of sp³-hybridized carbons (Fsp3) is 0.571. The number of nitrogens with zero attached hydrogens (tertiary/aromatic N) is 3. The van der Waals surface area contributed by atoms with E-state index in [1.54, 1.807) is 32.9 Å². The second-order valence-corrected chi connectivity index (χ2v) is 11.9. The van der Waals surface area contributed by atoms with E-state index in [4.69, 9.17) is 10.5 Å². The molecule has 0 saturated carbocycles. The maximum Gasteiger partial charge on any atom is 0.408 e. The van der Waals surface area contributed by atoms with Gasteiger partial charge in [-0.1, -0.05) is 44.2 Å². The number of amidine groups is 1. The molecule has 4 N–H and O–H groups in total. The normalized spacial score (nSPS) is 22.0. The summed E-state index contributed by atoms with van der Waals surface area (Å²) in [5.41, 5.74) is 4.27. The summed E-state index contributed by atoms with van der Waals surface area (Å²) in [6.45, 7) is 10.3. The Labute approximate surface area is 234 Å². The summed E-state index contributed by atoms with van der Waals surface area (Å²) in [5.74, 6) is -1.87. The van der Waals surface area contributed by atoms with Crippen LogP contribution in [0.5, 0.6) is 0 Å². The smallest absolute Gasteiger partial charge is 0.408 e. The van der Waals surface area contributed by atoms with Gasteiger partial charge in [0.15, 0.2) is 5.54 Å². The van der Waals surface area contributed by atoms with Crippen LogP contribution in [0.25, 0.3) is 0 Å². The summed E-state index contributed by atoms with van der Waals surface area (Å²) in [5, 5.41) is 5.28. The third kappa shape index (κ3) is 6.78. The molecule has 1 fully saturated rings. The summed E-state index contributed by atoms with van der Waals surface area (Å²) in [4.78, 5) is 72.4. The third-order valence-corrected chi connectivity index (χ3v) is 6.88. The number of nitrogens with one attached hydrogen (secondary N) is 2. The van der Waals surface area contributed by atoms with Gasteiger partial charge in [0.25, 0.3) is 5.91 Å². The quantitative estimate of drug-likeness (QED) is 0.435. The average molecular weight is 557 g/mol. The number of carbonyl (C=O) groups is 5. The molecular formula is C28H40N6O6. The lowest BCUT2D eigenvalue weighted by molar-refractivity contribution is -0.148. The molecule has 0 aliphatic carbocycles. The highest BCUT2D eigenvalue weighted by molar-refractivity contribution is 6.16. The molecule has 2 aliphatic rings. The first kappa shape index (κ1) is 30.6. The largest absolute Gasteiger partial charge is 0.444 e. The Hall–Kier alpha value is -3.96. The molecule has 2 heterocycles. The number of nitrogens with two attached hydrogens (primary N) is 1. The number of ether oxygens (including phenoxy) is 1. The molecule has 40 heavy (non-hydrogen) atoms. The van der Waals surface area contributed by atoms with Crippen molar-refractivity contribution in [2.24, 2.45) is 16.6 Å². The van der Waals surface area contributed by atoms with Crippen molar-refractivity contribution >= 4 is 35.6 Å². The Balaban J connectivity index is 1.86. The summed E-state index contributed by atoms with van der Waals surface area (Å²) in [7, 11) is 1.47. The molecule has 12 nitrogen and oxygen atoms in total. The maximum atomic E-state index is 14.0. The van der Waals surface area contributed by atoms with Gasteiger partial charge in [-0.15, -0.1) is 0 Å². The summed E-state index contributed by atoms with van der Waals surface area (Å²) in [6, 6.07) is 6.01. The molecule has 1 aromatic carbocycles. The van der Waals surface area contributed by atoms with Gasteiger partial charge in [-0.3, -0.25) is 19.2 Å². The zero-order chi connectivity index (χ0) is 30.0. The van der Waals surface area contributed by atoms with Gasteiger partial charge in [-0.25, -0.2) is 9.79 Å². The van der Waals surface area contributed by atoms with E-state index in [2.05, 4.69) is 15.6 Å². The van der Waals surface area contributed by atoms with Gasteiger partial charge in [0.1, 0.15) is 29.6 Å². The highest BCUT2D eigenvalue weighted by atomic mass is 16.6. The van der Waals surface area contributed by atoms with Gasteiger partial charge in [0, 0.05) is 19.0 Å². The molecule has 1 aromatic rings. The number of rotatable bonds is 8. The van der Waals surface area contributed by atoms with Gasteiger partial charge in [0.2, 0.25) is 17.7 Å². The zero-order valence-corrected chi connectivity index (χ0v) is 24.2. The lowest BCUT2D eigenvalue weighted by atomic mass is 9.96. The molecule has 1 saturated heterocycles. The monoisotopic (exact) mass is 556 g/mol. The van der Waals surface area contributed by atoms with Gasteiger partial charge in [-0.2, -0.15) is 0 Å². The number of hydrogen-bond donors (Lipinski definition) is 3. The summed E-state index contributed by atoms with van der Waals surface area (Å²) in [6.07, 6.45) is -0.554. The van der Waals surface area contributed by atoms with Crippen LogP contribution in [-0.2, 0) is 23.9 Å². The minimum atomic E-state index is -1.38. The molecule has 0 bridgehead atoms. The Morgan fingerprint density at radius 1 is 1.20 bits per heavy atom. The van der Waals surface area contributed by atoms with Crippen LogP contribution in [0.3, 0.4) is 0 Å². The molecule has 12 heteroatoms. The van der Waals surface area contributed by atoms with E-state index >= 15 is 0 Å². The van der Waals surface area contributed by atoms with Crippen LogP contribution in [0, 0.1) is 5.92 Å². The van der Waals surface area contributed by atoms with E-state index in [0.717, 1.165) is 0 Å². The van der Waals surface area contributed by atoms with Crippen molar-refractivity contribution in [1.82, 2.24) is 20.4 Å². The van der Waals surface area contributed by atoms with Gasteiger partial charge < -0.3 is 30.9 Å².